The highest BCUT2D eigenvalue weighted by Crippen LogP contribution is 2.12. The summed E-state index contributed by atoms with van der Waals surface area (Å²) in [6, 6.07) is 0. The van der Waals surface area contributed by atoms with Gasteiger partial charge in [0.15, 0.2) is 0 Å². The summed E-state index contributed by atoms with van der Waals surface area (Å²) < 4.78 is 0. The van der Waals surface area contributed by atoms with Gasteiger partial charge in [-0.3, -0.25) is 0 Å². The molecule has 1 nitrogen and oxygen atoms in total. The summed E-state index contributed by atoms with van der Waals surface area (Å²) in [4.78, 5) is 0. The third kappa shape index (κ3) is 22.2. The Balaban J connectivity index is 0.000000664. The van der Waals surface area contributed by atoms with E-state index in [9.17, 15) is 0 Å². The minimum Gasteiger partial charge on any atom is -0.317 e. The van der Waals surface area contributed by atoms with E-state index in [1.54, 1.807) is 0 Å². The van der Waals surface area contributed by atoms with Crippen LogP contribution in [0.15, 0.2) is 0 Å². The summed E-state index contributed by atoms with van der Waals surface area (Å²) >= 11 is 5.64. The molecular formula is C21H44ClN. The van der Waals surface area contributed by atoms with Crippen LogP contribution in [0.25, 0.3) is 0 Å². The van der Waals surface area contributed by atoms with Crippen LogP contribution >= 0.6 is 11.6 Å². The smallest absolute Gasteiger partial charge is 0.0223 e. The Labute approximate surface area is 152 Å². The van der Waals surface area contributed by atoms with Gasteiger partial charge in [0.25, 0.3) is 0 Å². The highest BCUT2D eigenvalue weighted by Gasteiger charge is 1.94. The summed E-state index contributed by atoms with van der Waals surface area (Å²) in [5.74, 6) is 0.845. The molecule has 0 aromatic carbocycles. The number of piperidine rings is 1. The van der Waals surface area contributed by atoms with Crippen molar-refractivity contribution in [1.82, 2.24) is 5.32 Å². The van der Waals surface area contributed by atoms with Gasteiger partial charge in [-0.25, -0.2) is 0 Å². The van der Waals surface area contributed by atoms with E-state index >= 15 is 0 Å². The Kier molecular flexibility index (Phi) is 22.5. The zero-order valence-electron chi connectivity index (χ0n) is 16.0. The predicted octanol–water partition coefficient (Wildman–Crippen LogP) is 7.47. The summed E-state index contributed by atoms with van der Waals surface area (Å²) in [5.41, 5.74) is 0. The maximum atomic E-state index is 5.64. The van der Waals surface area contributed by atoms with Crippen LogP contribution in [0.1, 0.15) is 116 Å². The highest BCUT2D eigenvalue weighted by atomic mass is 35.5. The first-order valence-corrected chi connectivity index (χ1v) is 11.2. The number of alkyl halides is 1. The van der Waals surface area contributed by atoms with Gasteiger partial charge in [0.05, 0.1) is 0 Å². The van der Waals surface area contributed by atoms with Crippen molar-refractivity contribution in [3.05, 3.63) is 0 Å². The monoisotopic (exact) mass is 345 g/mol. The molecule has 0 spiro atoms. The molecule has 2 heteroatoms. The molecular weight excluding hydrogens is 302 g/mol. The molecule has 0 aliphatic carbocycles. The van der Waals surface area contributed by atoms with Crippen LogP contribution in [0.4, 0.5) is 0 Å². The number of hydrogen-bond acceptors (Lipinski definition) is 1. The van der Waals surface area contributed by atoms with Crippen LogP contribution < -0.4 is 5.32 Å². The Morgan fingerprint density at radius 3 is 1.22 bits per heavy atom. The van der Waals surface area contributed by atoms with Crippen molar-refractivity contribution in [3.63, 3.8) is 0 Å². The highest BCUT2D eigenvalue weighted by molar-refractivity contribution is 6.17. The molecule has 0 amide bonds. The normalized spacial score (nSPS) is 14.3. The first-order chi connectivity index (χ1) is 11.4. The summed E-state index contributed by atoms with van der Waals surface area (Å²) in [6.07, 6.45) is 24.1. The zero-order valence-corrected chi connectivity index (χ0v) is 16.8. The average Bonchev–Trinajstić information content (AvgIpc) is 2.61. The Morgan fingerprint density at radius 2 is 0.957 bits per heavy atom. The van der Waals surface area contributed by atoms with Crippen molar-refractivity contribution in [2.24, 2.45) is 0 Å². The van der Waals surface area contributed by atoms with Crippen molar-refractivity contribution in [2.45, 2.75) is 116 Å². The quantitative estimate of drug-likeness (QED) is 0.254. The first-order valence-electron chi connectivity index (χ1n) is 10.7. The SMILES string of the molecule is C1CCNCC1.CCCCCCCCCCCCCCCCCl. The van der Waals surface area contributed by atoms with Gasteiger partial charge in [0.2, 0.25) is 0 Å². The molecule has 0 atom stereocenters. The van der Waals surface area contributed by atoms with Gasteiger partial charge in [0.1, 0.15) is 0 Å². The van der Waals surface area contributed by atoms with Gasteiger partial charge in [0, 0.05) is 5.88 Å². The Bertz CT molecular complexity index is 167. The largest absolute Gasteiger partial charge is 0.317 e. The molecule has 1 aliphatic heterocycles. The van der Waals surface area contributed by atoms with E-state index in [-0.39, 0.29) is 0 Å². The lowest BCUT2D eigenvalue weighted by Gasteiger charge is -2.08. The van der Waals surface area contributed by atoms with Crippen LogP contribution in [-0.4, -0.2) is 19.0 Å². The second kappa shape index (κ2) is 22.2. The van der Waals surface area contributed by atoms with Crippen molar-refractivity contribution < 1.29 is 0 Å². The van der Waals surface area contributed by atoms with Gasteiger partial charge in [-0.15, -0.1) is 11.6 Å². The minimum atomic E-state index is 0.845. The fraction of sp³-hybridized carbons (Fsp3) is 1.00. The van der Waals surface area contributed by atoms with Crippen LogP contribution in [-0.2, 0) is 0 Å². The first kappa shape index (κ1) is 23.2. The number of hydrogen-bond donors (Lipinski definition) is 1. The minimum absolute atomic E-state index is 0.845. The van der Waals surface area contributed by atoms with Crippen LogP contribution in [0.5, 0.6) is 0 Å². The van der Waals surface area contributed by atoms with Gasteiger partial charge in [-0.05, 0) is 32.4 Å². The number of halogens is 1. The van der Waals surface area contributed by atoms with Crippen LogP contribution in [0, 0.1) is 0 Å². The van der Waals surface area contributed by atoms with Gasteiger partial charge >= 0.3 is 0 Å². The van der Waals surface area contributed by atoms with Crippen molar-refractivity contribution in [2.75, 3.05) is 19.0 Å². The fourth-order valence-corrected chi connectivity index (χ4v) is 3.28. The number of nitrogens with one attached hydrogen (secondary N) is 1. The van der Waals surface area contributed by atoms with Crippen molar-refractivity contribution >= 4 is 11.6 Å². The Hall–Kier alpha value is 0.250. The topological polar surface area (TPSA) is 12.0 Å². The molecule has 0 radical (unpaired) electrons. The van der Waals surface area contributed by atoms with Gasteiger partial charge in [-0.2, -0.15) is 0 Å². The molecule has 0 aromatic heterocycles. The molecule has 140 valence electrons. The third-order valence-electron chi connectivity index (χ3n) is 4.69. The van der Waals surface area contributed by atoms with Crippen LogP contribution in [0.3, 0.4) is 0 Å². The van der Waals surface area contributed by atoms with E-state index in [2.05, 4.69) is 12.2 Å². The molecule has 1 fully saturated rings. The number of rotatable bonds is 14. The van der Waals surface area contributed by atoms with Crippen molar-refractivity contribution in [1.29, 1.82) is 0 Å². The van der Waals surface area contributed by atoms with E-state index in [0.29, 0.717) is 0 Å². The molecule has 23 heavy (non-hydrogen) atoms. The third-order valence-corrected chi connectivity index (χ3v) is 4.96. The van der Waals surface area contributed by atoms with E-state index in [1.807, 2.05) is 0 Å². The molecule has 1 saturated heterocycles. The molecule has 0 bridgehead atoms. The molecule has 0 saturated carbocycles. The van der Waals surface area contributed by atoms with Crippen LogP contribution in [0.2, 0.25) is 0 Å². The van der Waals surface area contributed by atoms with Gasteiger partial charge < -0.3 is 5.32 Å². The summed E-state index contributed by atoms with van der Waals surface area (Å²) in [5, 5.41) is 3.28. The van der Waals surface area contributed by atoms with E-state index in [1.165, 1.54) is 122 Å². The maximum Gasteiger partial charge on any atom is 0.0223 e. The van der Waals surface area contributed by atoms with Crippen molar-refractivity contribution in [3.8, 4) is 0 Å². The summed E-state index contributed by atoms with van der Waals surface area (Å²) in [7, 11) is 0. The second-order valence-corrected chi connectivity index (χ2v) is 7.47. The van der Waals surface area contributed by atoms with E-state index in [0.717, 1.165) is 5.88 Å². The second-order valence-electron chi connectivity index (χ2n) is 7.10. The van der Waals surface area contributed by atoms with Gasteiger partial charge in [-0.1, -0.05) is 96.8 Å². The standard InChI is InChI=1S/C16H33Cl.C5H11N/c1-2-3-4-5-6-7-8-9-10-11-12-13-14-15-16-17;1-2-4-6-5-3-1/h2-16H2,1H3;6H,1-5H2. The maximum absolute atomic E-state index is 5.64. The zero-order chi connectivity index (χ0) is 16.8. The molecule has 1 rings (SSSR count). The fourth-order valence-electron chi connectivity index (χ4n) is 3.09. The molecule has 1 heterocycles. The Morgan fingerprint density at radius 1 is 0.565 bits per heavy atom. The lowest BCUT2D eigenvalue weighted by molar-refractivity contribution is 0.520. The predicted molar refractivity (Wildman–Crippen MR) is 108 cm³/mol. The van der Waals surface area contributed by atoms with E-state index < -0.39 is 0 Å². The average molecular weight is 346 g/mol. The lowest BCUT2D eigenvalue weighted by atomic mass is 10.0. The molecule has 0 unspecified atom stereocenters. The summed E-state index contributed by atoms with van der Waals surface area (Å²) in [6.45, 7) is 4.78. The molecule has 1 N–H and O–H groups in total. The molecule has 1 aliphatic rings. The van der Waals surface area contributed by atoms with E-state index in [4.69, 9.17) is 11.6 Å². The molecule has 0 aromatic rings. The number of unbranched alkanes of at least 4 members (excludes halogenated alkanes) is 13. The lowest BCUT2D eigenvalue weighted by Crippen LogP contribution is -2.21.